The Labute approximate surface area is 326 Å². The number of benzene rings is 8. The minimum atomic E-state index is -0.542. The van der Waals surface area contributed by atoms with Gasteiger partial charge < -0.3 is 4.90 Å². The molecule has 0 N–H and O–H groups in total. The van der Waals surface area contributed by atoms with Crippen molar-refractivity contribution >= 4 is 17.1 Å². The molecule has 0 unspecified atom stereocenters. The first-order chi connectivity index (χ1) is 27.8. The van der Waals surface area contributed by atoms with E-state index >= 15 is 0 Å². The van der Waals surface area contributed by atoms with Gasteiger partial charge in [-0.2, -0.15) is 0 Å². The average Bonchev–Trinajstić information content (AvgIpc) is 3.57. The molecule has 3 nitrogen and oxygen atoms in total. The summed E-state index contributed by atoms with van der Waals surface area (Å²) in [6.07, 6.45) is 0. The molecule has 1 aliphatic heterocycles. The first kappa shape index (κ1) is 32.1. The summed E-state index contributed by atoms with van der Waals surface area (Å²) in [5, 5.41) is 0. The van der Waals surface area contributed by atoms with Crippen LogP contribution in [0.25, 0.3) is 56.2 Å². The molecule has 0 bridgehead atoms. The molecule has 0 fully saturated rings. The Morgan fingerprint density at radius 3 is 1.39 bits per heavy atom. The van der Waals surface area contributed by atoms with E-state index in [1.807, 2.05) is 12.1 Å². The number of hydrogen-bond acceptors (Lipinski definition) is 3. The van der Waals surface area contributed by atoms with Gasteiger partial charge in [-0.3, -0.25) is 0 Å². The van der Waals surface area contributed by atoms with Crippen molar-refractivity contribution in [3.8, 4) is 56.2 Å². The number of fused-ring (bicyclic) bond motifs is 9. The molecule has 0 atom stereocenters. The minimum Gasteiger partial charge on any atom is -0.310 e. The number of para-hydroxylation sites is 3. The lowest BCUT2D eigenvalue weighted by Gasteiger charge is -2.45. The van der Waals surface area contributed by atoms with Gasteiger partial charge in [0.2, 0.25) is 0 Å². The van der Waals surface area contributed by atoms with E-state index in [-0.39, 0.29) is 0 Å². The van der Waals surface area contributed by atoms with E-state index in [1.54, 1.807) is 0 Å². The van der Waals surface area contributed by atoms with Crippen LogP contribution in [-0.2, 0) is 5.41 Å². The van der Waals surface area contributed by atoms with Crippen LogP contribution in [0.15, 0.2) is 212 Å². The summed E-state index contributed by atoms with van der Waals surface area (Å²) in [5.41, 5.74) is 17.7. The monoisotopic (exact) mass is 713 g/mol. The van der Waals surface area contributed by atoms with Crippen molar-refractivity contribution in [1.29, 1.82) is 0 Å². The fourth-order valence-electron chi connectivity index (χ4n) is 9.14. The fraction of sp³-hybridized carbons (Fsp3) is 0.0189. The molecular weight excluding hydrogens is 679 g/mol. The quantitative estimate of drug-likeness (QED) is 0.178. The fourth-order valence-corrected chi connectivity index (χ4v) is 9.14. The molecule has 8 aromatic carbocycles. The van der Waals surface area contributed by atoms with Crippen molar-refractivity contribution in [3.63, 3.8) is 0 Å². The molecular formula is C53H35N3. The maximum atomic E-state index is 5.25. The largest absolute Gasteiger partial charge is 0.310 e. The molecule has 56 heavy (non-hydrogen) atoms. The van der Waals surface area contributed by atoms with Crippen LogP contribution in [0.4, 0.5) is 17.1 Å². The van der Waals surface area contributed by atoms with E-state index < -0.39 is 5.41 Å². The summed E-state index contributed by atoms with van der Waals surface area (Å²) in [6, 6.07) is 76.2. The maximum Gasteiger partial charge on any atom is 0.161 e. The van der Waals surface area contributed by atoms with Gasteiger partial charge in [0.05, 0.1) is 28.2 Å². The lowest BCUT2D eigenvalue weighted by atomic mass is 9.64. The Morgan fingerprint density at radius 1 is 0.321 bits per heavy atom. The second-order valence-electron chi connectivity index (χ2n) is 14.5. The van der Waals surface area contributed by atoms with Crippen molar-refractivity contribution in [2.24, 2.45) is 0 Å². The summed E-state index contributed by atoms with van der Waals surface area (Å²) in [5.74, 6) is 0.700. The highest BCUT2D eigenvalue weighted by Gasteiger charge is 2.51. The highest BCUT2D eigenvalue weighted by Crippen LogP contribution is 2.63. The van der Waals surface area contributed by atoms with Gasteiger partial charge in [0.15, 0.2) is 5.82 Å². The Bertz CT molecular complexity index is 2810. The average molecular weight is 714 g/mol. The van der Waals surface area contributed by atoms with Crippen LogP contribution in [0.3, 0.4) is 0 Å². The van der Waals surface area contributed by atoms with Gasteiger partial charge in [0, 0.05) is 22.4 Å². The molecule has 9 aromatic rings. The van der Waals surface area contributed by atoms with E-state index in [0.29, 0.717) is 5.82 Å². The molecule has 1 aromatic heterocycles. The van der Waals surface area contributed by atoms with Gasteiger partial charge in [-0.15, -0.1) is 0 Å². The zero-order chi connectivity index (χ0) is 37.1. The summed E-state index contributed by atoms with van der Waals surface area (Å²) >= 11 is 0. The van der Waals surface area contributed by atoms with E-state index in [2.05, 4.69) is 205 Å². The van der Waals surface area contributed by atoms with Crippen LogP contribution in [0.5, 0.6) is 0 Å². The van der Waals surface area contributed by atoms with Gasteiger partial charge in [0.25, 0.3) is 0 Å². The summed E-state index contributed by atoms with van der Waals surface area (Å²) < 4.78 is 0. The predicted molar refractivity (Wildman–Crippen MR) is 229 cm³/mol. The molecule has 2 aliphatic rings. The molecule has 3 heteroatoms. The first-order valence-corrected chi connectivity index (χ1v) is 19.2. The summed E-state index contributed by atoms with van der Waals surface area (Å²) in [7, 11) is 0. The third-order valence-corrected chi connectivity index (χ3v) is 11.5. The van der Waals surface area contributed by atoms with Crippen LogP contribution in [0, 0.1) is 0 Å². The molecule has 1 spiro atoms. The number of hydrogen-bond donors (Lipinski definition) is 0. The third-order valence-electron chi connectivity index (χ3n) is 11.5. The van der Waals surface area contributed by atoms with Crippen molar-refractivity contribution < 1.29 is 0 Å². The lowest BCUT2D eigenvalue weighted by Crippen LogP contribution is -2.36. The van der Waals surface area contributed by atoms with Crippen molar-refractivity contribution in [2.75, 3.05) is 4.90 Å². The van der Waals surface area contributed by atoms with Gasteiger partial charge in [-0.25, -0.2) is 9.97 Å². The van der Waals surface area contributed by atoms with E-state index in [4.69, 9.17) is 9.97 Å². The normalized spacial score (nSPS) is 13.1. The Morgan fingerprint density at radius 2 is 0.786 bits per heavy atom. The van der Waals surface area contributed by atoms with Gasteiger partial charge in [-0.05, 0) is 80.9 Å². The molecule has 262 valence electrons. The van der Waals surface area contributed by atoms with Crippen LogP contribution < -0.4 is 4.90 Å². The van der Waals surface area contributed by atoms with E-state index in [9.17, 15) is 0 Å². The zero-order valence-electron chi connectivity index (χ0n) is 30.5. The van der Waals surface area contributed by atoms with E-state index in [0.717, 1.165) is 44.9 Å². The predicted octanol–water partition coefficient (Wildman–Crippen LogP) is 13.3. The van der Waals surface area contributed by atoms with Crippen LogP contribution in [-0.4, -0.2) is 9.97 Å². The third kappa shape index (κ3) is 4.84. The van der Waals surface area contributed by atoms with Crippen LogP contribution in [0.2, 0.25) is 0 Å². The SMILES string of the molecule is c1ccc(-c2cc(-c3ccccc3)nc(-c3ccccc3-c3ccc4c(c3)C3(c5ccccc5-4)c4ccccc4N(c4ccccc4)c4ccccc43)n2)cc1. The Hall–Kier alpha value is -7.36. The molecule has 1 aliphatic carbocycles. The Balaban J connectivity index is 1.15. The van der Waals surface area contributed by atoms with Gasteiger partial charge >= 0.3 is 0 Å². The Kier molecular flexibility index (Phi) is 7.39. The smallest absolute Gasteiger partial charge is 0.161 e. The summed E-state index contributed by atoms with van der Waals surface area (Å²) in [6.45, 7) is 0. The highest BCUT2D eigenvalue weighted by atomic mass is 15.2. The number of aromatic nitrogens is 2. The van der Waals surface area contributed by atoms with Crippen molar-refractivity contribution in [1.82, 2.24) is 9.97 Å². The molecule has 0 amide bonds. The van der Waals surface area contributed by atoms with Crippen LogP contribution >= 0.6 is 0 Å². The second kappa shape index (κ2) is 12.9. The highest BCUT2D eigenvalue weighted by molar-refractivity contribution is 5.97. The molecule has 2 heterocycles. The molecule has 0 saturated carbocycles. The number of rotatable bonds is 5. The van der Waals surface area contributed by atoms with Crippen molar-refractivity contribution in [2.45, 2.75) is 5.41 Å². The molecule has 11 rings (SSSR count). The standard InChI is InChI=1S/C53H35N3/c1-4-18-36(19-5-1)48-35-49(37-20-6-2-7-21-37)55-52(54-48)43-26-11-10-24-40(43)38-32-33-42-41-25-12-13-27-44(41)53(47(42)34-38)45-28-14-16-30-50(45)56(39-22-8-3-9-23-39)51-31-17-15-29-46(51)53/h1-35H. The van der Waals surface area contributed by atoms with Gasteiger partial charge in [-0.1, -0.05) is 176 Å². The second-order valence-corrected chi connectivity index (χ2v) is 14.5. The zero-order valence-corrected chi connectivity index (χ0v) is 30.5. The topological polar surface area (TPSA) is 29.0 Å². The van der Waals surface area contributed by atoms with Crippen molar-refractivity contribution in [3.05, 3.63) is 235 Å². The number of anilines is 3. The maximum absolute atomic E-state index is 5.25. The summed E-state index contributed by atoms with van der Waals surface area (Å²) in [4.78, 5) is 12.9. The lowest BCUT2D eigenvalue weighted by molar-refractivity contribution is 0.753. The molecule has 0 radical (unpaired) electrons. The van der Waals surface area contributed by atoms with Gasteiger partial charge in [0.1, 0.15) is 0 Å². The first-order valence-electron chi connectivity index (χ1n) is 19.2. The van der Waals surface area contributed by atoms with Crippen LogP contribution in [0.1, 0.15) is 22.3 Å². The molecule has 0 saturated heterocycles. The minimum absolute atomic E-state index is 0.542. The number of nitrogens with zero attached hydrogens (tertiary/aromatic N) is 3. The van der Waals surface area contributed by atoms with E-state index in [1.165, 1.54) is 44.8 Å².